The highest BCUT2D eigenvalue weighted by Crippen LogP contribution is 2.34. The Balaban J connectivity index is 2.52. The standard InChI is InChI=1S/C15H15BrN2O5/c1-4-23-12-6-8(10(16)7-11(12)19)5-9-13(20)17(2)15(22)18(3)14(9)21/h5-7,19H,4H2,1-3H3. The van der Waals surface area contributed by atoms with E-state index in [9.17, 15) is 19.5 Å². The Morgan fingerprint density at radius 2 is 1.74 bits per heavy atom. The highest BCUT2D eigenvalue weighted by atomic mass is 79.9. The van der Waals surface area contributed by atoms with Crippen molar-refractivity contribution in [1.29, 1.82) is 0 Å². The molecule has 7 nitrogen and oxygen atoms in total. The SMILES string of the molecule is CCOc1cc(C=C2C(=O)N(C)C(=O)N(C)C2=O)c(Br)cc1O. The van der Waals surface area contributed by atoms with E-state index in [1.54, 1.807) is 6.92 Å². The first-order valence-electron chi connectivity index (χ1n) is 6.75. The van der Waals surface area contributed by atoms with E-state index in [2.05, 4.69) is 15.9 Å². The summed E-state index contributed by atoms with van der Waals surface area (Å²) in [6, 6.07) is 2.23. The molecule has 1 aliphatic heterocycles. The predicted octanol–water partition coefficient (Wildman–Crippen LogP) is 1.99. The van der Waals surface area contributed by atoms with Crippen molar-refractivity contribution in [2.45, 2.75) is 6.92 Å². The second-order valence-corrected chi connectivity index (χ2v) is 5.70. The lowest BCUT2D eigenvalue weighted by molar-refractivity contribution is -0.134. The molecule has 122 valence electrons. The van der Waals surface area contributed by atoms with E-state index in [4.69, 9.17) is 4.74 Å². The summed E-state index contributed by atoms with van der Waals surface area (Å²) >= 11 is 3.26. The fourth-order valence-electron chi connectivity index (χ4n) is 2.07. The second-order valence-electron chi connectivity index (χ2n) is 4.84. The Bertz CT molecular complexity index is 703. The van der Waals surface area contributed by atoms with Crippen molar-refractivity contribution in [3.63, 3.8) is 0 Å². The Labute approximate surface area is 141 Å². The van der Waals surface area contributed by atoms with E-state index in [1.807, 2.05) is 0 Å². The molecule has 1 aromatic rings. The number of ether oxygens (including phenoxy) is 1. The number of carbonyl (C=O) groups excluding carboxylic acids is 3. The van der Waals surface area contributed by atoms with Crippen LogP contribution in [0.3, 0.4) is 0 Å². The molecule has 1 fully saturated rings. The molecule has 0 bridgehead atoms. The maximum absolute atomic E-state index is 12.2. The minimum Gasteiger partial charge on any atom is -0.504 e. The van der Waals surface area contributed by atoms with Gasteiger partial charge in [0.2, 0.25) is 0 Å². The Kier molecular flexibility index (Phi) is 4.74. The number of amides is 4. The number of hydrogen-bond donors (Lipinski definition) is 1. The van der Waals surface area contributed by atoms with Crippen molar-refractivity contribution in [2.75, 3.05) is 20.7 Å². The Morgan fingerprint density at radius 1 is 1.17 bits per heavy atom. The van der Waals surface area contributed by atoms with Gasteiger partial charge >= 0.3 is 6.03 Å². The number of aromatic hydroxyl groups is 1. The number of imide groups is 2. The minimum atomic E-state index is -0.684. The van der Waals surface area contributed by atoms with Crippen molar-refractivity contribution in [3.8, 4) is 11.5 Å². The molecule has 4 amide bonds. The Morgan fingerprint density at radius 3 is 2.26 bits per heavy atom. The fraction of sp³-hybridized carbons (Fsp3) is 0.267. The molecule has 1 aromatic carbocycles. The summed E-state index contributed by atoms with van der Waals surface area (Å²) in [6.45, 7) is 2.12. The largest absolute Gasteiger partial charge is 0.504 e. The van der Waals surface area contributed by atoms with E-state index in [0.717, 1.165) is 9.80 Å². The monoisotopic (exact) mass is 382 g/mol. The number of benzene rings is 1. The summed E-state index contributed by atoms with van der Waals surface area (Å²) in [4.78, 5) is 37.8. The first-order valence-corrected chi connectivity index (χ1v) is 7.54. The van der Waals surface area contributed by atoms with E-state index in [0.29, 0.717) is 16.6 Å². The van der Waals surface area contributed by atoms with Crippen LogP contribution in [-0.4, -0.2) is 53.5 Å². The fourth-order valence-corrected chi connectivity index (χ4v) is 2.52. The molecule has 0 atom stereocenters. The van der Waals surface area contributed by atoms with Gasteiger partial charge in [-0.25, -0.2) is 4.79 Å². The Hall–Kier alpha value is -2.35. The molecule has 0 spiro atoms. The molecule has 1 saturated heterocycles. The molecule has 8 heteroatoms. The number of phenols is 1. The molecule has 2 rings (SSSR count). The van der Waals surface area contributed by atoms with Crippen LogP contribution in [0, 0.1) is 0 Å². The van der Waals surface area contributed by atoms with Crippen LogP contribution in [0.15, 0.2) is 22.2 Å². The van der Waals surface area contributed by atoms with Gasteiger partial charge in [0.15, 0.2) is 11.5 Å². The zero-order valence-corrected chi connectivity index (χ0v) is 14.4. The lowest BCUT2D eigenvalue weighted by Crippen LogP contribution is -2.52. The molecule has 0 radical (unpaired) electrons. The maximum Gasteiger partial charge on any atom is 0.333 e. The lowest BCUT2D eigenvalue weighted by Gasteiger charge is -2.28. The molecule has 0 saturated carbocycles. The van der Waals surface area contributed by atoms with E-state index in [1.165, 1.54) is 32.3 Å². The van der Waals surface area contributed by atoms with Crippen LogP contribution >= 0.6 is 15.9 Å². The van der Waals surface area contributed by atoms with Crippen LogP contribution in [-0.2, 0) is 9.59 Å². The van der Waals surface area contributed by atoms with Crippen molar-refractivity contribution in [3.05, 3.63) is 27.7 Å². The molecule has 1 heterocycles. The molecule has 1 aliphatic rings. The number of halogens is 1. The van der Waals surface area contributed by atoms with Crippen molar-refractivity contribution in [2.24, 2.45) is 0 Å². The van der Waals surface area contributed by atoms with Crippen LogP contribution in [0.2, 0.25) is 0 Å². The highest BCUT2D eigenvalue weighted by Gasteiger charge is 2.37. The van der Waals surface area contributed by atoms with Gasteiger partial charge in [-0.15, -0.1) is 0 Å². The van der Waals surface area contributed by atoms with Crippen molar-refractivity contribution < 1.29 is 24.2 Å². The van der Waals surface area contributed by atoms with Gasteiger partial charge in [0.05, 0.1) is 6.61 Å². The summed E-state index contributed by atoms with van der Waals surface area (Å²) in [6.07, 6.45) is 1.36. The first-order chi connectivity index (χ1) is 10.8. The summed E-state index contributed by atoms with van der Waals surface area (Å²) in [5.41, 5.74) is 0.322. The number of rotatable bonds is 3. The van der Waals surface area contributed by atoms with Gasteiger partial charge in [-0.05, 0) is 30.7 Å². The average Bonchev–Trinajstić information content (AvgIpc) is 2.51. The third-order valence-corrected chi connectivity index (χ3v) is 4.01. The number of barbiturate groups is 1. The molecule has 0 aromatic heterocycles. The van der Waals surface area contributed by atoms with Gasteiger partial charge in [-0.1, -0.05) is 15.9 Å². The smallest absolute Gasteiger partial charge is 0.333 e. The van der Waals surface area contributed by atoms with Crippen LogP contribution < -0.4 is 4.74 Å². The summed E-state index contributed by atoms with van der Waals surface area (Å²) in [5.74, 6) is -1.20. The normalized spacial score (nSPS) is 15.3. The van der Waals surface area contributed by atoms with E-state index in [-0.39, 0.29) is 17.1 Å². The quantitative estimate of drug-likeness (QED) is 0.637. The highest BCUT2D eigenvalue weighted by molar-refractivity contribution is 9.10. The average molecular weight is 383 g/mol. The lowest BCUT2D eigenvalue weighted by atomic mass is 10.1. The van der Waals surface area contributed by atoms with Gasteiger partial charge in [0.1, 0.15) is 5.57 Å². The molecular formula is C15H15BrN2O5. The first kappa shape index (κ1) is 17.0. The number of likely N-dealkylation sites (N-methyl/N-ethyl adjacent to an activating group) is 2. The molecule has 1 N–H and O–H groups in total. The summed E-state index contributed by atoms with van der Waals surface area (Å²) in [7, 11) is 2.61. The number of nitrogens with zero attached hydrogens (tertiary/aromatic N) is 2. The molecule has 23 heavy (non-hydrogen) atoms. The minimum absolute atomic E-state index is 0.0633. The number of hydrogen-bond acceptors (Lipinski definition) is 5. The topological polar surface area (TPSA) is 87.2 Å². The maximum atomic E-state index is 12.2. The van der Waals surface area contributed by atoms with E-state index >= 15 is 0 Å². The number of carbonyl (C=O) groups is 3. The molecule has 0 unspecified atom stereocenters. The summed E-state index contributed by atoms with van der Waals surface area (Å²) < 4.78 is 5.77. The van der Waals surface area contributed by atoms with Crippen LogP contribution in [0.25, 0.3) is 6.08 Å². The van der Waals surface area contributed by atoms with Gasteiger partial charge < -0.3 is 9.84 Å². The summed E-state index contributed by atoms with van der Waals surface area (Å²) in [5, 5.41) is 9.80. The zero-order chi connectivity index (χ0) is 17.3. The second kappa shape index (κ2) is 6.41. The van der Waals surface area contributed by atoms with Gasteiger partial charge in [0.25, 0.3) is 11.8 Å². The third-order valence-electron chi connectivity index (χ3n) is 3.32. The van der Waals surface area contributed by atoms with Gasteiger partial charge in [0, 0.05) is 18.6 Å². The zero-order valence-electron chi connectivity index (χ0n) is 12.8. The predicted molar refractivity (Wildman–Crippen MR) is 85.9 cm³/mol. The molecular weight excluding hydrogens is 368 g/mol. The van der Waals surface area contributed by atoms with E-state index < -0.39 is 17.8 Å². The number of urea groups is 1. The number of phenolic OH excluding ortho intramolecular Hbond substituents is 1. The van der Waals surface area contributed by atoms with Crippen molar-refractivity contribution in [1.82, 2.24) is 9.80 Å². The van der Waals surface area contributed by atoms with Crippen LogP contribution in [0.1, 0.15) is 12.5 Å². The van der Waals surface area contributed by atoms with Gasteiger partial charge in [-0.3, -0.25) is 19.4 Å². The van der Waals surface area contributed by atoms with Gasteiger partial charge in [-0.2, -0.15) is 0 Å². The third kappa shape index (κ3) is 3.07. The molecule has 0 aliphatic carbocycles. The van der Waals surface area contributed by atoms with Crippen molar-refractivity contribution >= 4 is 39.9 Å². The van der Waals surface area contributed by atoms with Crippen LogP contribution in [0.5, 0.6) is 11.5 Å². The van der Waals surface area contributed by atoms with Crippen LogP contribution in [0.4, 0.5) is 4.79 Å².